The molecule has 4 heteroatoms. The minimum atomic E-state index is 0.0205. The molecule has 0 radical (unpaired) electrons. The van der Waals surface area contributed by atoms with Gasteiger partial charge in [0.15, 0.2) is 5.78 Å². The first kappa shape index (κ1) is 12.8. The Bertz CT molecular complexity index is 932. The molecule has 1 aromatic heterocycles. The molecule has 0 unspecified atom stereocenters. The number of methoxy groups -OCH3 is 1. The third-order valence-corrected chi connectivity index (χ3v) is 4.10. The molecule has 0 saturated heterocycles. The summed E-state index contributed by atoms with van der Waals surface area (Å²) in [6, 6.07) is 13.3. The summed E-state index contributed by atoms with van der Waals surface area (Å²) in [7, 11) is 3.45. The smallest absolute Gasteiger partial charge is 0.198 e. The molecule has 1 N–H and O–H groups in total. The molecule has 0 spiro atoms. The summed E-state index contributed by atoms with van der Waals surface area (Å²) < 4.78 is 5.29. The van der Waals surface area contributed by atoms with Gasteiger partial charge in [-0.2, -0.15) is 0 Å². The number of nitrogens with zero attached hydrogens (tertiary/aromatic N) is 1. The van der Waals surface area contributed by atoms with E-state index in [2.05, 4.69) is 5.32 Å². The average Bonchev–Trinajstić information content (AvgIpc) is 2.85. The van der Waals surface area contributed by atoms with Crippen LogP contribution < -0.4 is 10.1 Å². The highest BCUT2D eigenvalue weighted by Crippen LogP contribution is 2.42. The lowest BCUT2D eigenvalue weighted by Crippen LogP contribution is -2.03. The Hall–Kier alpha value is -2.88. The highest BCUT2D eigenvalue weighted by molar-refractivity contribution is 6.26. The number of carbonyl (C=O) groups excluding carboxylic acids is 1. The molecule has 0 aliphatic heterocycles. The monoisotopic (exact) mass is 290 g/mol. The van der Waals surface area contributed by atoms with Crippen molar-refractivity contribution in [3.63, 3.8) is 0 Å². The molecule has 0 saturated carbocycles. The van der Waals surface area contributed by atoms with Crippen LogP contribution in [0.1, 0.15) is 15.9 Å². The minimum absolute atomic E-state index is 0.0205. The summed E-state index contributed by atoms with van der Waals surface area (Å²) in [6.45, 7) is 0. The third kappa shape index (κ3) is 1.58. The molecule has 0 amide bonds. The molecule has 3 aromatic rings. The molecule has 1 aliphatic rings. The zero-order chi connectivity index (χ0) is 15.3. The largest absolute Gasteiger partial charge is 0.497 e. The molecule has 0 fully saturated rings. The van der Waals surface area contributed by atoms with Crippen molar-refractivity contribution in [1.29, 1.82) is 0 Å². The van der Waals surface area contributed by atoms with Crippen LogP contribution in [0.25, 0.3) is 22.2 Å². The Morgan fingerprint density at radius 2 is 1.86 bits per heavy atom. The van der Waals surface area contributed by atoms with Crippen molar-refractivity contribution in [2.75, 3.05) is 19.5 Å². The Balaban J connectivity index is 2.12. The molecule has 2 aromatic carbocycles. The van der Waals surface area contributed by atoms with Crippen molar-refractivity contribution in [2.45, 2.75) is 0 Å². The number of aromatic nitrogens is 1. The first-order valence-electron chi connectivity index (χ1n) is 7.08. The van der Waals surface area contributed by atoms with Gasteiger partial charge in [0, 0.05) is 23.6 Å². The minimum Gasteiger partial charge on any atom is -0.497 e. The van der Waals surface area contributed by atoms with Crippen molar-refractivity contribution in [2.24, 2.45) is 0 Å². The van der Waals surface area contributed by atoms with E-state index in [9.17, 15) is 4.79 Å². The fraction of sp³-hybridized carbons (Fsp3) is 0.111. The number of rotatable bonds is 2. The van der Waals surface area contributed by atoms with Crippen molar-refractivity contribution in [3.05, 3.63) is 53.6 Å². The van der Waals surface area contributed by atoms with Crippen LogP contribution in [0.15, 0.2) is 42.5 Å². The van der Waals surface area contributed by atoms with E-state index in [1.165, 1.54) is 0 Å². The maximum Gasteiger partial charge on any atom is 0.198 e. The predicted octanol–water partition coefficient (Wildman–Crippen LogP) is 3.50. The second-order valence-electron chi connectivity index (χ2n) is 5.22. The molecular weight excluding hydrogens is 276 g/mol. The quantitative estimate of drug-likeness (QED) is 0.614. The summed E-state index contributed by atoms with van der Waals surface area (Å²) in [5.41, 5.74) is 4.65. The Morgan fingerprint density at radius 3 is 2.59 bits per heavy atom. The molecule has 22 heavy (non-hydrogen) atoms. The zero-order valence-corrected chi connectivity index (χ0v) is 12.3. The summed E-state index contributed by atoms with van der Waals surface area (Å²) in [6.07, 6.45) is 0. The first-order chi connectivity index (χ1) is 10.7. The van der Waals surface area contributed by atoms with Crippen LogP contribution in [0.4, 0.5) is 5.69 Å². The van der Waals surface area contributed by atoms with Crippen molar-refractivity contribution >= 4 is 22.4 Å². The maximum atomic E-state index is 12.8. The van der Waals surface area contributed by atoms with E-state index in [1.807, 2.05) is 49.5 Å². The molecule has 1 heterocycles. The summed E-state index contributed by atoms with van der Waals surface area (Å²) >= 11 is 0. The van der Waals surface area contributed by atoms with Crippen LogP contribution in [0, 0.1) is 0 Å². The SMILES string of the molecule is CNc1c2c(nc3ccc(OC)cc13)-c1ccccc1C2=O. The van der Waals surface area contributed by atoms with Crippen molar-refractivity contribution in [3.8, 4) is 17.0 Å². The van der Waals surface area contributed by atoms with Crippen molar-refractivity contribution < 1.29 is 9.53 Å². The summed E-state index contributed by atoms with van der Waals surface area (Å²) in [5.74, 6) is 0.765. The second-order valence-corrected chi connectivity index (χ2v) is 5.22. The Labute approximate surface area is 127 Å². The van der Waals surface area contributed by atoms with Crippen LogP contribution in [-0.2, 0) is 0 Å². The van der Waals surface area contributed by atoms with Gasteiger partial charge < -0.3 is 10.1 Å². The number of carbonyl (C=O) groups is 1. The Morgan fingerprint density at radius 1 is 1.09 bits per heavy atom. The summed E-state index contributed by atoms with van der Waals surface area (Å²) in [4.78, 5) is 17.5. The molecule has 0 bridgehead atoms. The molecular formula is C18H14N2O2. The van der Waals surface area contributed by atoms with E-state index in [4.69, 9.17) is 9.72 Å². The number of fused-ring (bicyclic) bond motifs is 4. The first-order valence-corrected chi connectivity index (χ1v) is 7.08. The molecule has 4 rings (SSSR count). The van der Waals surface area contributed by atoms with E-state index in [1.54, 1.807) is 7.11 Å². The number of ketones is 1. The molecule has 108 valence electrons. The number of ether oxygens (including phenoxy) is 1. The van der Waals surface area contributed by atoms with Crippen LogP contribution in [-0.4, -0.2) is 24.9 Å². The van der Waals surface area contributed by atoms with Gasteiger partial charge in [-0.15, -0.1) is 0 Å². The lowest BCUT2D eigenvalue weighted by molar-refractivity contribution is 0.104. The summed E-state index contributed by atoms with van der Waals surface area (Å²) in [5, 5.41) is 4.06. The molecule has 0 atom stereocenters. The van der Waals surface area contributed by atoms with Gasteiger partial charge in [0.2, 0.25) is 0 Å². The van der Waals surface area contributed by atoms with Crippen LogP contribution >= 0.6 is 0 Å². The van der Waals surface area contributed by atoms with E-state index in [0.29, 0.717) is 11.1 Å². The van der Waals surface area contributed by atoms with E-state index in [0.717, 1.165) is 33.6 Å². The number of hydrogen-bond acceptors (Lipinski definition) is 4. The fourth-order valence-corrected chi connectivity index (χ4v) is 3.07. The van der Waals surface area contributed by atoms with Crippen molar-refractivity contribution in [1.82, 2.24) is 4.98 Å². The van der Waals surface area contributed by atoms with Gasteiger partial charge in [0.1, 0.15) is 5.75 Å². The highest BCUT2D eigenvalue weighted by Gasteiger charge is 2.31. The van der Waals surface area contributed by atoms with Gasteiger partial charge >= 0.3 is 0 Å². The number of anilines is 1. The fourth-order valence-electron chi connectivity index (χ4n) is 3.07. The van der Waals surface area contributed by atoms with Crippen LogP contribution in [0.3, 0.4) is 0 Å². The third-order valence-electron chi connectivity index (χ3n) is 4.10. The van der Waals surface area contributed by atoms with Gasteiger partial charge in [-0.25, -0.2) is 4.98 Å². The van der Waals surface area contributed by atoms with Gasteiger partial charge in [0.25, 0.3) is 0 Å². The molecule has 4 nitrogen and oxygen atoms in total. The van der Waals surface area contributed by atoms with E-state index >= 15 is 0 Å². The highest BCUT2D eigenvalue weighted by atomic mass is 16.5. The number of benzene rings is 2. The lowest BCUT2D eigenvalue weighted by atomic mass is 10.0. The number of pyridine rings is 1. The average molecular weight is 290 g/mol. The lowest BCUT2D eigenvalue weighted by Gasteiger charge is -2.12. The van der Waals surface area contributed by atoms with Gasteiger partial charge in [-0.05, 0) is 18.2 Å². The van der Waals surface area contributed by atoms with E-state index < -0.39 is 0 Å². The topological polar surface area (TPSA) is 51.2 Å². The second kappa shape index (κ2) is 4.56. The van der Waals surface area contributed by atoms with Crippen LogP contribution in [0.2, 0.25) is 0 Å². The predicted molar refractivity (Wildman–Crippen MR) is 86.7 cm³/mol. The number of hydrogen-bond donors (Lipinski definition) is 1. The van der Waals surface area contributed by atoms with Gasteiger partial charge in [-0.1, -0.05) is 24.3 Å². The molecule has 1 aliphatic carbocycles. The zero-order valence-electron chi connectivity index (χ0n) is 12.3. The van der Waals surface area contributed by atoms with E-state index in [-0.39, 0.29) is 5.78 Å². The Kier molecular flexibility index (Phi) is 2.66. The van der Waals surface area contributed by atoms with Gasteiger partial charge in [-0.3, -0.25) is 4.79 Å². The normalized spacial score (nSPS) is 12.2. The maximum absolute atomic E-state index is 12.8. The standard InChI is InChI=1S/C18H14N2O2/c1-19-16-13-9-10(22-2)7-8-14(13)20-17-11-5-3-4-6-12(11)18(21)15(16)17/h3-9H,1-2H3,(H,19,20). The number of nitrogens with one attached hydrogen (secondary N) is 1. The van der Waals surface area contributed by atoms with Crippen LogP contribution in [0.5, 0.6) is 5.75 Å². The van der Waals surface area contributed by atoms with Gasteiger partial charge in [0.05, 0.1) is 29.6 Å².